The van der Waals surface area contributed by atoms with Gasteiger partial charge in [0.2, 0.25) is 9.84 Å². The fourth-order valence-corrected chi connectivity index (χ4v) is 6.09. The fraction of sp³-hybridized carbons (Fsp3) is 0.357. The highest BCUT2D eigenvalue weighted by atomic mass is 32.2. The summed E-state index contributed by atoms with van der Waals surface area (Å²) in [6.45, 7) is 6.71. The summed E-state index contributed by atoms with van der Waals surface area (Å²) >= 11 is 0. The molecule has 2 aromatic rings. The number of carbonyl (C=O) groups excluding carboxylic acids is 6. The summed E-state index contributed by atoms with van der Waals surface area (Å²) < 4.78 is 26.9. The normalized spacial score (nSPS) is 20.4. The van der Waals surface area contributed by atoms with Crippen molar-refractivity contribution in [1.82, 2.24) is 0 Å². The van der Waals surface area contributed by atoms with Crippen LogP contribution < -0.4 is 11.5 Å². The van der Waals surface area contributed by atoms with E-state index in [4.69, 9.17) is 11.5 Å². The average Bonchev–Trinajstić information content (AvgIpc) is 3.30. The lowest BCUT2D eigenvalue weighted by Crippen LogP contribution is -2.43. The molecule has 2 aliphatic carbocycles. The Morgan fingerprint density at radius 2 is 0.923 bits per heavy atom. The molecule has 4 atom stereocenters. The number of carbonyl (C=O) groups is 6. The van der Waals surface area contributed by atoms with Crippen molar-refractivity contribution in [3.63, 3.8) is 0 Å². The van der Waals surface area contributed by atoms with Gasteiger partial charge in [0.15, 0.2) is 34.7 Å². The maximum Gasteiger partial charge on any atom is 0.206 e. The van der Waals surface area contributed by atoms with Crippen LogP contribution in [-0.2, 0) is 19.4 Å². The first kappa shape index (κ1) is 28.3. The van der Waals surface area contributed by atoms with Gasteiger partial charge in [-0.05, 0) is 48.2 Å². The molecule has 0 heterocycles. The Bertz CT molecular complexity index is 1480. The molecular weight excluding hydrogens is 524 g/mol. The molecule has 0 radical (unpaired) electrons. The monoisotopic (exact) mass is 552 g/mol. The molecule has 0 bridgehead atoms. The summed E-state index contributed by atoms with van der Waals surface area (Å²) in [5.74, 6) is -8.50. The van der Waals surface area contributed by atoms with Crippen LogP contribution >= 0.6 is 0 Å². The lowest BCUT2D eigenvalue weighted by atomic mass is 9.89. The molecule has 10 nitrogen and oxygen atoms in total. The minimum absolute atomic E-state index is 0.0779. The van der Waals surface area contributed by atoms with Crippen molar-refractivity contribution in [1.29, 1.82) is 0 Å². The second kappa shape index (κ2) is 9.82. The molecule has 0 fully saturated rings. The highest BCUT2D eigenvalue weighted by Gasteiger charge is 2.47. The Hall–Kier alpha value is -3.67. The summed E-state index contributed by atoms with van der Waals surface area (Å²) in [7, 11) is -4.35. The molecule has 39 heavy (non-hydrogen) atoms. The first-order valence-electron chi connectivity index (χ1n) is 12.4. The lowest BCUT2D eigenvalue weighted by Gasteiger charge is -2.16. The highest BCUT2D eigenvalue weighted by molar-refractivity contribution is 7.91. The Kier molecular flexibility index (Phi) is 7.13. The zero-order valence-corrected chi connectivity index (χ0v) is 22.6. The number of fused-ring (bicyclic) bond motifs is 2. The Balaban J connectivity index is 1.70. The third-order valence-corrected chi connectivity index (χ3v) is 9.12. The molecule has 2 aromatic carbocycles. The van der Waals surface area contributed by atoms with Crippen molar-refractivity contribution in [3.05, 3.63) is 58.7 Å². The molecule has 0 amide bonds. The minimum Gasteiger partial charge on any atom is -0.321 e. The van der Waals surface area contributed by atoms with Gasteiger partial charge in [0.05, 0.1) is 21.9 Å². The Morgan fingerprint density at radius 3 is 1.23 bits per heavy atom. The lowest BCUT2D eigenvalue weighted by molar-refractivity contribution is -0.123. The van der Waals surface area contributed by atoms with E-state index in [2.05, 4.69) is 0 Å². The number of hydrogen-bond acceptors (Lipinski definition) is 10. The highest BCUT2D eigenvalue weighted by Crippen LogP contribution is 2.35. The molecule has 0 spiro atoms. The topological polar surface area (TPSA) is 189 Å². The van der Waals surface area contributed by atoms with Crippen molar-refractivity contribution >= 4 is 44.5 Å². The van der Waals surface area contributed by atoms with Gasteiger partial charge < -0.3 is 11.5 Å². The summed E-state index contributed by atoms with van der Waals surface area (Å²) in [5.41, 5.74) is 11.2. The molecule has 2 aliphatic rings. The number of hydrogen-bond donors (Lipinski definition) is 2. The van der Waals surface area contributed by atoms with E-state index in [1.54, 1.807) is 27.7 Å². The van der Waals surface area contributed by atoms with Crippen LogP contribution in [0.5, 0.6) is 0 Å². The van der Waals surface area contributed by atoms with Crippen LogP contribution in [0.1, 0.15) is 69.1 Å². The van der Waals surface area contributed by atoms with Gasteiger partial charge in [-0.15, -0.1) is 0 Å². The number of rotatable bonds is 8. The second-order valence-electron chi connectivity index (χ2n) is 10.6. The zero-order chi connectivity index (χ0) is 29.1. The van der Waals surface area contributed by atoms with Crippen LogP contribution in [0.15, 0.2) is 46.2 Å². The number of sulfone groups is 1. The summed E-state index contributed by atoms with van der Waals surface area (Å²) in [4.78, 5) is 76.4. The average molecular weight is 553 g/mol. The van der Waals surface area contributed by atoms with Crippen molar-refractivity contribution in [2.75, 3.05) is 0 Å². The summed E-state index contributed by atoms with van der Waals surface area (Å²) in [5, 5.41) is 0. The molecule has 4 rings (SSSR count). The van der Waals surface area contributed by atoms with Gasteiger partial charge in [-0.1, -0.05) is 27.7 Å². The van der Waals surface area contributed by atoms with Crippen LogP contribution in [0.25, 0.3) is 0 Å². The largest absolute Gasteiger partial charge is 0.321 e. The van der Waals surface area contributed by atoms with E-state index in [-0.39, 0.29) is 43.9 Å². The molecular formula is C28H28N2O8S. The zero-order valence-electron chi connectivity index (χ0n) is 21.8. The second-order valence-corrected chi connectivity index (χ2v) is 12.5. The van der Waals surface area contributed by atoms with E-state index in [1.807, 2.05) is 0 Å². The summed E-state index contributed by atoms with van der Waals surface area (Å²) in [6.07, 6.45) is 0. The van der Waals surface area contributed by atoms with Crippen LogP contribution in [0.4, 0.5) is 0 Å². The molecule has 11 heteroatoms. The molecule has 204 valence electrons. The van der Waals surface area contributed by atoms with Crippen LogP contribution in [0, 0.1) is 23.7 Å². The maximum absolute atomic E-state index is 13.5. The van der Waals surface area contributed by atoms with E-state index in [1.165, 1.54) is 12.1 Å². The number of ketones is 6. The first-order valence-corrected chi connectivity index (χ1v) is 13.9. The number of benzene rings is 2. The molecule has 0 saturated heterocycles. The number of Topliss-reactive ketones (excluding diaryl/α,β-unsaturated/α-hetero) is 6. The van der Waals surface area contributed by atoms with Crippen molar-refractivity contribution in [2.24, 2.45) is 35.1 Å². The third kappa shape index (κ3) is 4.40. The maximum atomic E-state index is 13.5. The molecule has 0 aromatic heterocycles. The predicted octanol–water partition coefficient (Wildman–Crippen LogP) is 1.61. The van der Waals surface area contributed by atoms with E-state index >= 15 is 0 Å². The number of nitrogens with two attached hydrogens (primary N) is 2. The van der Waals surface area contributed by atoms with Crippen molar-refractivity contribution < 1.29 is 37.2 Å². The smallest absolute Gasteiger partial charge is 0.206 e. The first-order chi connectivity index (χ1) is 18.1. The van der Waals surface area contributed by atoms with E-state index in [0.29, 0.717) is 0 Å². The van der Waals surface area contributed by atoms with E-state index in [9.17, 15) is 37.2 Å². The predicted molar refractivity (Wildman–Crippen MR) is 138 cm³/mol. The Labute approximate surface area is 225 Å². The van der Waals surface area contributed by atoms with Gasteiger partial charge >= 0.3 is 0 Å². The van der Waals surface area contributed by atoms with Gasteiger partial charge in [-0.25, -0.2) is 8.42 Å². The van der Waals surface area contributed by atoms with Gasteiger partial charge in [0.25, 0.3) is 0 Å². The molecule has 4 N–H and O–H groups in total. The van der Waals surface area contributed by atoms with Gasteiger partial charge in [0, 0.05) is 22.3 Å². The van der Waals surface area contributed by atoms with E-state index in [0.717, 1.165) is 24.3 Å². The van der Waals surface area contributed by atoms with Gasteiger partial charge in [0.1, 0.15) is 11.8 Å². The molecule has 0 saturated carbocycles. The fourth-order valence-electron chi connectivity index (χ4n) is 4.77. The molecule has 2 unspecified atom stereocenters. The van der Waals surface area contributed by atoms with Crippen molar-refractivity contribution in [3.8, 4) is 0 Å². The summed E-state index contributed by atoms with van der Waals surface area (Å²) in [6, 6.07) is 4.55. The quantitative estimate of drug-likeness (QED) is 0.455. The Morgan fingerprint density at radius 1 is 0.615 bits per heavy atom. The SMILES string of the molecule is CC(C)[C@@H](N)C(=O)C1C(=O)c2ccc(S(=O)(=O)c3ccc4c(c3)C(=O)C(C(=O)[C@H](N)C(C)C)C4=O)cc2C1=O. The third-order valence-electron chi connectivity index (χ3n) is 7.38. The van der Waals surface area contributed by atoms with Crippen LogP contribution in [0.3, 0.4) is 0 Å². The van der Waals surface area contributed by atoms with Gasteiger partial charge in [-0.2, -0.15) is 0 Å². The van der Waals surface area contributed by atoms with Crippen LogP contribution in [-0.4, -0.2) is 55.2 Å². The van der Waals surface area contributed by atoms with Crippen molar-refractivity contribution in [2.45, 2.75) is 49.6 Å². The molecule has 0 aliphatic heterocycles. The van der Waals surface area contributed by atoms with E-state index < -0.39 is 68.5 Å². The van der Waals surface area contributed by atoms with Gasteiger partial charge in [-0.3, -0.25) is 28.8 Å². The minimum atomic E-state index is -4.35. The van der Waals surface area contributed by atoms with Crippen LogP contribution in [0.2, 0.25) is 0 Å². The standard InChI is InChI=1S/C28H28N2O8S/c1-11(2)21(29)27(35)19-23(31)15-7-5-13(9-17(15)25(19)33)39(37,38)14-6-8-16-18(10-14)26(34)20(24(16)32)28(36)22(30)12(3)4/h5-12,19-22H,29-30H2,1-4H3/t19?,20?,21-,22-/m1/s1.